The molecule has 0 aliphatic rings. The molecule has 0 radical (unpaired) electrons. The zero-order valence-corrected chi connectivity index (χ0v) is 32.8. The van der Waals surface area contributed by atoms with E-state index >= 15 is 0 Å². The number of hydrogen-bond donors (Lipinski definition) is 3. The molecule has 0 aliphatic heterocycles. The number of carbonyl (C=O) groups excluding carboxylic acids is 4. The van der Waals surface area contributed by atoms with Crippen LogP contribution in [0.5, 0.6) is 0 Å². The molecule has 54 heavy (non-hydrogen) atoms. The summed E-state index contributed by atoms with van der Waals surface area (Å²) in [6.07, 6.45) is 2.11. The van der Waals surface area contributed by atoms with Crippen LogP contribution in [0.1, 0.15) is 74.9 Å². The van der Waals surface area contributed by atoms with Gasteiger partial charge in [0.1, 0.15) is 17.0 Å². The third-order valence-corrected chi connectivity index (χ3v) is 9.84. The topological polar surface area (TPSA) is 183 Å². The first-order chi connectivity index (χ1) is 25.8. The smallest absolute Gasteiger partial charge is 0.340 e. The number of carbonyl (C=O) groups is 4. The Labute approximate surface area is 322 Å². The summed E-state index contributed by atoms with van der Waals surface area (Å²) in [4.78, 5) is 54.7. The van der Waals surface area contributed by atoms with E-state index in [1.165, 1.54) is 11.0 Å². The first-order valence-electron chi connectivity index (χ1n) is 18.1. The van der Waals surface area contributed by atoms with Gasteiger partial charge in [-0.2, -0.15) is 0 Å². The number of unbranched alkanes of at least 4 members (excludes halogenated alkanes) is 1. The van der Waals surface area contributed by atoms with Crippen molar-refractivity contribution < 1.29 is 41.8 Å². The Hall–Kier alpha value is -4.50. The Kier molecular flexibility index (Phi) is 17.9. The number of aryl methyl sites for hydroxylation is 1. The standard InChI is InChI=1S/C39H51ClN4O9S/c1-5-51-37(46)30-24-35(54(41,49)50)31(40)25-33(30)42-23-15-14-20-34(39(48)53-7-3)44(26-29-18-12-9-13-19-29)36(45)27(4)43-32(38(47)52-6-2)22-21-28-16-10-8-11-17-28/h8-13,16-19,24-25,27,32,34,42-43H,5-7,14-15,20-23,26H2,1-4H3,(H2,41,49,50). The number of sulfonamides is 1. The summed E-state index contributed by atoms with van der Waals surface area (Å²) in [5.74, 6) is -2.19. The number of amides is 1. The number of nitrogens with zero attached hydrogens (tertiary/aromatic N) is 1. The van der Waals surface area contributed by atoms with Crippen molar-refractivity contribution in [1.29, 1.82) is 0 Å². The quantitative estimate of drug-likeness (QED) is 0.0687. The molecule has 0 aliphatic carbocycles. The van der Waals surface area contributed by atoms with E-state index in [0.717, 1.165) is 17.2 Å². The maximum absolute atomic E-state index is 14.3. The van der Waals surface area contributed by atoms with Crippen molar-refractivity contribution in [3.63, 3.8) is 0 Å². The third kappa shape index (κ3) is 13.4. The monoisotopic (exact) mass is 786 g/mol. The lowest BCUT2D eigenvalue weighted by molar-refractivity contribution is -0.157. The number of benzene rings is 3. The summed E-state index contributed by atoms with van der Waals surface area (Å²) in [5, 5.41) is 11.4. The van der Waals surface area contributed by atoms with Gasteiger partial charge in [0.25, 0.3) is 0 Å². The second-order valence-corrected chi connectivity index (χ2v) is 14.4. The molecule has 1 amide bonds. The predicted molar refractivity (Wildman–Crippen MR) is 206 cm³/mol. The number of primary sulfonamides is 1. The van der Waals surface area contributed by atoms with Crippen LogP contribution < -0.4 is 15.8 Å². The second-order valence-electron chi connectivity index (χ2n) is 12.5. The molecule has 294 valence electrons. The Bertz CT molecular complexity index is 1800. The highest BCUT2D eigenvalue weighted by atomic mass is 35.5. The number of rotatable bonds is 22. The summed E-state index contributed by atoms with van der Waals surface area (Å²) in [7, 11) is -4.22. The summed E-state index contributed by atoms with van der Waals surface area (Å²) in [6, 6.07) is 18.7. The molecule has 3 aromatic carbocycles. The minimum absolute atomic E-state index is 0.0549. The molecule has 0 heterocycles. The fourth-order valence-electron chi connectivity index (χ4n) is 5.83. The Morgan fingerprint density at radius 2 is 1.41 bits per heavy atom. The molecule has 0 saturated heterocycles. The number of esters is 3. The lowest BCUT2D eigenvalue weighted by Gasteiger charge is -2.33. The largest absolute Gasteiger partial charge is 0.465 e. The van der Waals surface area contributed by atoms with Gasteiger partial charge < -0.3 is 24.4 Å². The molecular weight excluding hydrogens is 736 g/mol. The molecule has 3 rings (SSSR count). The van der Waals surface area contributed by atoms with E-state index in [-0.39, 0.29) is 49.1 Å². The van der Waals surface area contributed by atoms with Crippen LogP contribution >= 0.6 is 11.6 Å². The van der Waals surface area contributed by atoms with Crippen LogP contribution in [0.2, 0.25) is 5.02 Å². The van der Waals surface area contributed by atoms with E-state index in [1.807, 2.05) is 60.7 Å². The van der Waals surface area contributed by atoms with E-state index in [2.05, 4.69) is 10.6 Å². The predicted octanol–water partition coefficient (Wildman–Crippen LogP) is 5.25. The van der Waals surface area contributed by atoms with Gasteiger partial charge in [-0.25, -0.2) is 23.1 Å². The number of halogens is 1. The number of anilines is 1. The van der Waals surface area contributed by atoms with E-state index in [9.17, 15) is 27.6 Å². The van der Waals surface area contributed by atoms with Crippen molar-refractivity contribution in [3.8, 4) is 0 Å². The fourth-order valence-corrected chi connectivity index (χ4v) is 6.93. The molecule has 3 atom stereocenters. The fraction of sp³-hybridized carbons (Fsp3) is 0.436. The van der Waals surface area contributed by atoms with Crippen LogP contribution in [-0.2, 0) is 51.6 Å². The van der Waals surface area contributed by atoms with Gasteiger partial charge in [0.15, 0.2) is 0 Å². The average molecular weight is 787 g/mol. The number of nitrogens with two attached hydrogens (primary N) is 1. The molecule has 3 unspecified atom stereocenters. The van der Waals surface area contributed by atoms with Gasteiger partial charge in [0.2, 0.25) is 15.9 Å². The van der Waals surface area contributed by atoms with Crippen molar-refractivity contribution in [2.75, 3.05) is 31.7 Å². The number of ether oxygens (including phenoxy) is 3. The first kappa shape index (κ1) is 43.9. The number of hydrogen-bond acceptors (Lipinski definition) is 11. The average Bonchev–Trinajstić information content (AvgIpc) is 3.14. The summed E-state index contributed by atoms with van der Waals surface area (Å²) < 4.78 is 40.0. The van der Waals surface area contributed by atoms with Crippen LogP contribution in [0.3, 0.4) is 0 Å². The molecule has 0 aromatic heterocycles. The van der Waals surface area contributed by atoms with Gasteiger partial charge >= 0.3 is 17.9 Å². The van der Waals surface area contributed by atoms with Gasteiger partial charge in [-0.3, -0.25) is 14.9 Å². The van der Waals surface area contributed by atoms with Crippen molar-refractivity contribution in [2.45, 2.75) is 89.4 Å². The first-order valence-corrected chi connectivity index (χ1v) is 20.0. The van der Waals surface area contributed by atoms with Crippen molar-refractivity contribution >= 4 is 51.1 Å². The molecular formula is C39H51ClN4O9S. The van der Waals surface area contributed by atoms with Gasteiger partial charge in [-0.1, -0.05) is 72.3 Å². The minimum Gasteiger partial charge on any atom is -0.465 e. The Morgan fingerprint density at radius 1 is 0.815 bits per heavy atom. The number of nitrogens with one attached hydrogen (secondary N) is 2. The zero-order chi connectivity index (χ0) is 39.7. The Morgan fingerprint density at radius 3 is 2.00 bits per heavy atom. The second kappa shape index (κ2) is 22.0. The van der Waals surface area contributed by atoms with Gasteiger partial charge in [-0.15, -0.1) is 0 Å². The van der Waals surface area contributed by atoms with Gasteiger partial charge in [0.05, 0.1) is 42.1 Å². The molecule has 13 nitrogen and oxygen atoms in total. The van der Waals surface area contributed by atoms with Crippen LogP contribution in [-0.4, -0.2) is 81.6 Å². The molecule has 4 N–H and O–H groups in total. The molecule has 0 fully saturated rings. The van der Waals surface area contributed by atoms with Crippen LogP contribution in [0.25, 0.3) is 0 Å². The Balaban J connectivity index is 1.82. The highest BCUT2D eigenvalue weighted by Crippen LogP contribution is 2.29. The highest BCUT2D eigenvalue weighted by Gasteiger charge is 2.35. The lowest BCUT2D eigenvalue weighted by atomic mass is 10.0. The van der Waals surface area contributed by atoms with E-state index in [0.29, 0.717) is 32.2 Å². The molecule has 0 saturated carbocycles. The maximum Gasteiger partial charge on any atom is 0.340 e. The van der Waals surface area contributed by atoms with E-state index in [4.69, 9.17) is 31.0 Å². The summed E-state index contributed by atoms with van der Waals surface area (Å²) >= 11 is 6.21. The van der Waals surface area contributed by atoms with Crippen molar-refractivity contribution in [2.24, 2.45) is 5.14 Å². The van der Waals surface area contributed by atoms with E-state index in [1.54, 1.807) is 27.7 Å². The minimum atomic E-state index is -4.22. The maximum atomic E-state index is 14.3. The van der Waals surface area contributed by atoms with Gasteiger partial charge in [-0.05, 0) is 83.1 Å². The molecule has 0 bridgehead atoms. The SMILES string of the molecule is CCOC(=O)c1cc(S(N)(=O)=O)c(Cl)cc1NCCCCC(C(=O)OCC)N(Cc1ccccc1)C(=O)C(C)NC(CCc1ccccc1)C(=O)OCC. The van der Waals surface area contributed by atoms with Crippen LogP contribution in [0.15, 0.2) is 77.7 Å². The molecule has 3 aromatic rings. The lowest BCUT2D eigenvalue weighted by Crippen LogP contribution is -2.55. The molecule has 15 heteroatoms. The normalized spacial score (nSPS) is 12.9. The van der Waals surface area contributed by atoms with Crippen LogP contribution in [0.4, 0.5) is 5.69 Å². The zero-order valence-electron chi connectivity index (χ0n) is 31.2. The molecule has 0 spiro atoms. The van der Waals surface area contributed by atoms with Crippen molar-refractivity contribution in [1.82, 2.24) is 10.2 Å². The summed E-state index contributed by atoms with van der Waals surface area (Å²) in [5.41, 5.74) is 2.03. The third-order valence-electron chi connectivity index (χ3n) is 8.46. The highest BCUT2D eigenvalue weighted by molar-refractivity contribution is 7.89. The summed E-state index contributed by atoms with van der Waals surface area (Å²) in [6.45, 7) is 7.45. The van der Waals surface area contributed by atoms with Crippen molar-refractivity contribution in [3.05, 3.63) is 94.5 Å². The van der Waals surface area contributed by atoms with Gasteiger partial charge in [0, 0.05) is 13.1 Å². The van der Waals surface area contributed by atoms with E-state index < -0.39 is 56.9 Å². The van der Waals surface area contributed by atoms with Crippen LogP contribution in [0, 0.1) is 0 Å².